The molecule has 1 aliphatic rings. The Bertz CT molecular complexity index is 859. The number of nitrogens with one attached hydrogen (secondary N) is 2. The number of halogens is 3. The normalized spacial score (nSPS) is 13.6. The summed E-state index contributed by atoms with van der Waals surface area (Å²) >= 11 is 0. The monoisotopic (exact) mass is 393 g/mol. The van der Waals surface area contributed by atoms with Gasteiger partial charge in [0.05, 0.1) is 13.2 Å². The Kier molecular flexibility index (Phi) is 6.76. The quantitative estimate of drug-likeness (QED) is 0.584. The fourth-order valence-corrected chi connectivity index (χ4v) is 2.93. The van der Waals surface area contributed by atoms with Crippen LogP contribution in [0.1, 0.15) is 23.6 Å². The molecule has 150 valence electrons. The molecule has 0 aliphatic carbocycles. The van der Waals surface area contributed by atoms with Gasteiger partial charge in [0.1, 0.15) is 23.2 Å². The average Bonchev–Trinajstić information content (AvgIpc) is 2.68. The SMILES string of the molecule is CCNC(=NCc1cc(F)ccc1F)NCCc1cc(F)cc2c1OCOC2. The maximum absolute atomic E-state index is 13.8. The number of ether oxygens (including phenoxy) is 2. The second kappa shape index (κ2) is 9.45. The van der Waals surface area contributed by atoms with E-state index in [0.717, 1.165) is 23.8 Å². The molecule has 2 aromatic carbocycles. The van der Waals surface area contributed by atoms with Crippen LogP contribution in [0.4, 0.5) is 13.2 Å². The molecule has 0 aromatic heterocycles. The smallest absolute Gasteiger partial charge is 0.191 e. The summed E-state index contributed by atoms with van der Waals surface area (Å²) in [7, 11) is 0. The van der Waals surface area contributed by atoms with Crippen molar-refractivity contribution < 1.29 is 22.6 Å². The lowest BCUT2D eigenvalue weighted by Gasteiger charge is -2.21. The molecular formula is C20H22F3N3O2. The first-order chi connectivity index (χ1) is 13.6. The van der Waals surface area contributed by atoms with Crippen molar-refractivity contribution in [2.75, 3.05) is 19.9 Å². The zero-order valence-electron chi connectivity index (χ0n) is 15.5. The molecule has 28 heavy (non-hydrogen) atoms. The number of nitrogens with zero attached hydrogens (tertiary/aromatic N) is 1. The van der Waals surface area contributed by atoms with E-state index >= 15 is 0 Å². The van der Waals surface area contributed by atoms with Crippen LogP contribution in [0.3, 0.4) is 0 Å². The topological polar surface area (TPSA) is 54.9 Å². The molecule has 0 fully saturated rings. The molecule has 2 aromatic rings. The Morgan fingerprint density at radius 3 is 2.71 bits per heavy atom. The van der Waals surface area contributed by atoms with Gasteiger partial charge in [0.25, 0.3) is 0 Å². The molecule has 0 atom stereocenters. The van der Waals surface area contributed by atoms with Gasteiger partial charge in [-0.25, -0.2) is 18.2 Å². The van der Waals surface area contributed by atoms with Gasteiger partial charge in [0.2, 0.25) is 0 Å². The van der Waals surface area contributed by atoms with E-state index < -0.39 is 11.6 Å². The Labute approximate surface area is 161 Å². The molecule has 0 bridgehead atoms. The molecule has 3 rings (SSSR count). The van der Waals surface area contributed by atoms with Crippen LogP contribution in [0.5, 0.6) is 5.75 Å². The molecule has 0 amide bonds. The van der Waals surface area contributed by atoms with E-state index in [1.807, 2.05) is 6.92 Å². The highest BCUT2D eigenvalue weighted by Gasteiger charge is 2.16. The van der Waals surface area contributed by atoms with E-state index in [2.05, 4.69) is 15.6 Å². The number of hydrogen-bond acceptors (Lipinski definition) is 3. The Hall–Kier alpha value is -2.74. The minimum atomic E-state index is -0.510. The lowest BCUT2D eigenvalue weighted by atomic mass is 10.1. The first-order valence-electron chi connectivity index (χ1n) is 9.04. The molecule has 2 N–H and O–H groups in total. The van der Waals surface area contributed by atoms with Crippen LogP contribution in [0, 0.1) is 17.5 Å². The lowest BCUT2D eigenvalue weighted by molar-refractivity contribution is -0.0172. The van der Waals surface area contributed by atoms with E-state index in [9.17, 15) is 13.2 Å². The van der Waals surface area contributed by atoms with E-state index in [1.165, 1.54) is 12.1 Å². The van der Waals surface area contributed by atoms with E-state index in [-0.39, 0.29) is 24.7 Å². The van der Waals surface area contributed by atoms with Gasteiger partial charge in [-0.05, 0) is 49.2 Å². The molecule has 0 spiro atoms. The van der Waals surface area contributed by atoms with Crippen LogP contribution >= 0.6 is 0 Å². The van der Waals surface area contributed by atoms with Gasteiger partial charge in [-0.1, -0.05) is 0 Å². The molecule has 5 nitrogen and oxygen atoms in total. The number of hydrogen-bond donors (Lipinski definition) is 2. The minimum absolute atomic E-state index is 0.00522. The van der Waals surface area contributed by atoms with Gasteiger partial charge in [-0.2, -0.15) is 0 Å². The molecule has 1 heterocycles. The highest BCUT2D eigenvalue weighted by Crippen LogP contribution is 2.29. The van der Waals surface area contributed by atoms with Crippen molar-refractivity contribution in [2.45, 2.75) is 26.5 Å². The number of benzene rings is 2. The standard InChI is InChI=1S/C20H22F3N3O2/c1-2-24-20(26-10-14-8-16(21)3-4-18(14)23)25-6-5-13-7-17(22)9-15-11-27-12-28-19(13)15/h3-4,7-9H,2,5-6,10-12H2,1H3,(H2,24,25,26). The van der Waals surface area contributed by atoms with Crippen molar-refractivity contribution in [3.63, 3.8) is 0 Å². The fraction of sp³-hybridized carbons (Fsp3) is 0.350. The van der Waals surface area contributed by atoms with E-state index in [4.69, 9.17) is 9.47 Å². The summed E-state index contributed by atoms with van der Waals surface area (Å²) in [6.07, 6.45) is 0.499. The third-order valence-electron chi connectivity index (χ3n) is 4.20. The van der Waals surface area contributed by atoms with Crippen molar-refractivity contribution >= 4 is 5.96 Å². The summed E-state index contributed by atoms with van der Waals surface area (Å²) in [6, 6.07) is 6.12. The molecular weight excluding hydrogens is 371 g/mol. The van der Waals surface area contributed by atoms with Gasteiger partial charge in [-0.15, -0.1) is 0 Å². The van der Waals surface area contributed by atoms with Crippen LogP contribution in [0.2, 0.25) is 0 Å². The minimum Gasteiger partial charge on any atom is -0.467 e. The number of aliphatic imine (C=N–C) groups is 1. The van der Waals surface area contributed by atoms with Crippen molar-refractivity contribution in [3.8, 4) is 5.75 Å². The van der Waals surface area contributed by atoms with Gasteiger partial charge in [0, 0.05) is 24.2 Å². The highest BCUT2D eigenvalue weighted by molar-refractivity contribution is 5.79. The van der Waals surface area contributed by atoms with Gasteiger partial charge in [-0.3, -0.25) is 0 Å². The van der Waals surface area contributed by atoms with Crippen LogP contribution in [0.25, 0.3) is 0 Å². The summed E-state index contributed by atoms with van der Waals surface area (Å²) < 4.78 is 51.5. The van der Waals surface area contributed by atoms with Crippen LogP contribution in [-0.4, -0.2) is 25.8 Å². The third-order valence-corrected chi connectivity index (χ3v) is 4.20. The summed E-state index contributed by atoms with van der Waals surface area (Å²) in [5.74, 6) is -0.250. The first-order valence-corrected chi connectivity index (χ1v) is 9.04. The summed E-state index contributed by atoms with van der Waals surface area (Å²) in [6.45, 7) is 3.41. The maximum atomic E-state index is 13.8. The largest absolute Gasteiger partial charge is 0.467 e. The lowest BCUT2D eigenvalue weighted by Crippen LogP contribution is -2.38. The molecule has 0 unspecified atom stereocenters. The molecule has 0 radical (unpaired) electrons. The summed E-state index contributed by atoms with van der Waals surface area (Å²) in [5.41, 5.74) is 1.59. The second-order valence-corrected chi connectivity index (χ2v) is 6.27. The van der Waals surface area contributed by atoms with Crippen molar-refractivity contribution in [2.24, 2.45) is 4.99 Å². The van der Waals surface area contributed by atoms with Crippen molar-refractivity contribution in [1.82, 2.24) is 10.6 Å². The average molecular weight is 393 g/mol. The zero-order chi connectivity index (χ0) is 19.9. The van der Waals surface area contributed by atoms with Crippen LogP contribution in [-0.2, 0) is 24.3 Å². The van der Waals surface area contributed by atoms with Crippen LogP contribution < -0.4 is 15.4 Å². The Morgan fingerprint density at radius 1 is 1.07 bits per heavy atom. The molecule has 0 saturated heterocycles. The van der Waals surface area contributed by atoms with Gasteiger partial charge >= 0.3 is 0 Å². The predicted octanol–water partition coefficient (Wildman–Crippen LogP) is 3.27. The molecule has 0 saturated carbocycles. The summed E-state index contributed by atoms with van der Waals surface area (Å²) in [5, 5.41) is 6.16. The molecule has 1 aliphatic heterocycles. The summed E-state index contributed by atoms with van der Waals surface area (Å²) in [4.78, 5) is 4.28. The van der Waals surface area contributed by atoms with Crippen LogP contribution in [0.15, 0.2) is 35.3 Å². The third kappa shape index (κ3) is 5.16. The van der Waals surface area contributed by atoms with E-state index in [0.29, 0.717) is 43.4 Å². The predicted molar refractivity (Wildman–Crippen MR) is 99.6 cm³/mol. The number of guanidine groups is 1. The number of fused-ring (bicyclic) bond motifs is 1. The van der Waals surface area contributed by atoms with Crippen molar-refractivity contribution in [3.05, 3.63) is 64.5 Å². The Balaban J connectivity index is 1.64. The highest BCUT2D eigenvalue weighted by atomic mass is 19.1. The Morgan fingerprint density at radius 2 is 1.89 bits per heavy atom. The van der Waals surface area contributed by atoms with Gasteiger partial charge in [0.15, 0.2) is 12.8 Å². The fourth-order valence-electron chi connectivity index (χ4n) is 2.93. The van der Waals surface area contributed by atoms with E-state index in [1.54, 1.807) is 0 Å². The van der Waals surface area contributed by atoms with Gasteiger partial charge < -0.3 is 20.1 Å². The maximum Gasteiger partial charge on any atom is 0.191 e. The molecule has 8 heteroatoms. The van der Waals surface area contributed by atoms with Crippen molar-refractivity contribution in [1.29, 1.82) is 0 Å². The number of rotatable bonds is 6. The first kappa shape index (κ1) is 20.0. The second-order valence-electron chi connectivity index (χ2n) is 6.27. The zero-order valence-corrected chi connectivity index (χ0v) is 15.5.